The minimum Gasteiger partial charge on any atom is -0.439 e. The van der Waals surface area contributed by atoms with Gasteiger partial charge in [0.25, 0.3) is 5.52 Å². The average Bonchev–Trinajstić information content (AvgIpc) is 3.32. The van der Waals surface area contributed by atoms with Crippen LogP contribution < -0.4 is 14.2 Å². The smallest absolute Gasteiger partial charge is 0.374 e. The standard InChI is InChI=1S/C27H33N2O2.HI/c1-3-5-11-20-28-22-14-7-9-16-24(22)30-26(28)18-13-19-27-29(21-12-6-4-2)23-15-8-10-17-25(23)31-27;/h7-10,13-19H,3-6,11-12,20-21H2,1-2H3;1H/q+1;. The van der Waals surface area contributed by atoms with Crippen molar-refractivity contribution in [3.8, 4) is 5.75 Å². The van der Waals surface area contributed by atoms with Gasteiger partial charge in [-0.1, -0.05) is 57.4 Å². The Bertz CT molecular complexity index is 1070. The maximum atomic E-state index is 6.16. The van der Waals surface area contributed by atoms with Crippen molar-refractivity contribution in [3.05, 3.63) is 72.5 Å². The van der Waals surface area contributed by atoms with Gasteiger partial charge in [-0.25, -0.2) is 0 Å². The summed E-state index contributed by atoms with van der Waals surface area (Å²) in [6.45, 7) is 6.40. The molecule has 0 atom stereocenters. The van der Waals surface area contributed by atoms with Gasteiger partial charge in [-0.2, -0.15) is 4.57 Å². The van der Waals surface area contributed by atoms with Gasteiger partial charge in [-0.3, -0.25) is 0 Å². The van der Waals surface area contributed by atoms with Crippen LogP contribution in [0.3, 0.4) is 0 Å². The molecule has 0 radical (unpaired) electrons. The van der Waals surface area contributed by atoms with Gasteiger partial charge in [0.15, 0.2) is 12.3 Å². The number of aryl methyl sites for hydroxylation is 1. The van der Waals surface area contributed by atoms with Gasteiger partial charge in [0.2, 0.25) is 11.5 Å². The lowest BCUT2D eigenvalue weighted by molar-refractivity contribution is -0.678. The van der Waals surface area contributed by atoms with E-state index in [0.717, 1.165) is 60.2 Å². The molecule has 1 aliphatic heterocycles. The van der Waals surface area contributed by atoms with Crippen molar-refractivity contribution in [2.45, 2.75) is 58.9 Å². The molecule has 0 saturated carbocycles. The van der Waals surface area contributed by atoms with Crippen LogP contribution in [-0.4, -0.2) is 6.54 Å². The Balaban J connectivity index is 0.00000289. The number of oxazole rings is 1. The molecule has 4 nitrogen and oxygen atoms in total. The summed E-state index contributed by atoms with van der Waals surface area (Å²) in [4.78, 5) is 2.28. The molecule has 1 aliphatic rings. The number of anilines is 1. The molecule has 2 heterocycles. The monoisotopic (exact) mass is 545 g/mol. The highest BCUT2D eigenvalue weighted by molar-refractivity contribution is 14.0. The lowest BCUT2D eigenvalue weighted by atomic mass is 10.2. The predicted molar refractivity (Wildman–Crippen MR) is 142 cm³/mol. The number of nitrogens with zero attached hydrogens (tertiary/aromatic N) is 2. The molecule has 0 aliphatic carbocycles. The molecule has 4 rings (SSSR count). The number of para-hydroxylation sites is 4. The Morgan fingerprint density at radius 3 is 2.50 bits per heavy atom. The van der Waals surface area contributed by atoms with E-state index in [1.54, 1.807) is 0 Å². The molecule has 3 aromatic rings. The number of unbranched alkanes of at least 4 members (excludes halogenated alkanes) is 4. The van der Waals surface area contributed by atoms with Gasteiger partial charge in [0.05, 0.1) is 11.8 Å². The first kappa shape index (κ1) is 24.4. The summed E-state index contributed by atoms with van der Waals surface area (Å²) in [5.74, 6) is 2.68. The number of hydrogen-bond donors (Lipinski definition) is 0. The highest BCUT2D eigenvalue weighted by Gasteiger charge is 2.25. The number of aromatic nitrogens is 1. The average molecular weight is 545 g/mol. The summed E-state index contributed by atoms with van der Waals surface area (Å²) in [5.41, 5.74) is 3.23. The van der Waals surface area contributed by atoms with Crippen molar-refractivity contribution in [1.82, 2.24) is 0 Å². The SMILES string of the molecule is CCCCCN1/C(=C/C=C/c2oc3ccccc3[n+]2CCCCC)Oc2ccccc21.I. The van der Waals surface area contributed by atoms with E-state index in [1.807, 2.05) is 30.3 Å². The van der Waals surface area contributed by atoms with Crippen LogP contribution in [0, 0.1) is 0 Å². The van der Waals surface area contributed by atoms with Gasteiger partial charge in [0.1, 0.15) is 0 Å². The molecule has 0 unspecified atom stereocenters. The number of fused-ring (bicyclic) bond motifs is 2. The van der Waals surface area contributed by atoms with Gasteiger partial charge in [-0.05, 0) is 43.2 Å². The Morgan fingerprint density at radius 2 is 1.66 bits per heavy atom. The van der Waals surface area contributed by atoms with Gasteiger partial charge < -0.3 is 14.1 Å². The number of ether oxygens (including phenoxy) is 1. The van der Waals surface area contributed by atoms with Crippen LogP contribution in [0.15, 0.2) is 71.0 Å². The predicted octanol–water partition coefficient (Wildman–Crippen LogP) is 7.47. The van der Waals surface area contributed by atoms with Crippen LogP contribution in [0.25, 0.3) is 17.2 Å². The van der Waals surface area contributed by atoms with Crippen molar-refractivity contribution in [1.29, 1.82) is 0 Å². The van der Waals surface area contributed by atoms with E-state index in [1.165, 1.54) is 25.7 Å². The highest BCUT2D eigenvalue weighted by Crippen LogP contribution is 2.38. The Labute approximate surface area is 208 Å². The first-order valence-electron chi connectivity index (χ1n) is 11.7. The van der Waals surface area contributed by atoms with Crippen molar-refractivity contribution in [2.24, 2.45) is 0 Å². The van der Waals surface area contributed by atoms with E-state index in [-0.39, 0.29) is 24.0 Å². The van der Waals surface area contributed by atoms with Crippen LogP contribution in [0.4, 0.5) is 5.69 Å². The van der Waals surface area contributed by atoms with E-state index in [4.69, 9.17) is 9.15 Å². The van der Waals surface area contributed by atoms with Crippen molar-refractivity contribution in [2.75, 3.05) is 11.4 Å². The Morgan fingerprint density at radius 1 is 0.906 bits per heavy atom. The third-order valence-electron chi connectivity index (χ3n) is 5.72. The maximum absolute atomic E-state index is 6.16. The van der Waals surface area contributed by atoms with Crippen LogP contribution in [0.5, 0.6) is 5.75 Å². The maximum Gasteiger partial charge on any atom is 0.374 e. The van der Waals surface area contributed by atoms with Gasteiger partial charge in [0, 0.05) is 19.0 Å². The minimum atomic E-state index is 0. The molecular formula is C27H34IN2O2+. The second kappa shape index (κ2) is 12.1. The zero-order chi connectivity index (χ0) is 21.5. The Hall–Kier alpha value is -2.28. The fourth-order valence-electron chi connectivity index (χ4n) is 4.07. The normalized spacial score (nSPS) is 14.2. The van der Waals surface area contributed by atoms with E-state index < -0.39 is 0 Å². The summed E-state index contributed by atoms with van der Waals surface area (Å²) in [7, 11) is 0. The molecule has 1 aromatic heterocycles. The fraction of sp³-hybridized carbons (Fsp3) is 0.370. The molecule has 0 bridgehead atoms. The second-order valence-corrected chi connectivity index (χ2v) is 8.06. The van der Waals surface area contributed by atoms with Crippen molar-refractivity contribution < 1.29 is 13.7 Å². The summed E-state index contributed by atoms with van der Waals surface area (Å²) >= 11 is 0. The van der Waals surface area contributed by atoms with Crippen LogP contribution in [0.2, 0.25) is 0 Å². The molecule has 0 saturated heterocycles. The third kappa shape index (κ3) is 5.55. The number of allylic oxidation sites excluding steroid dienone is 2. The number of halogens is 1. The van der Waals surface area contributed by atoms with Crippen LogP contribution in [0.1, 0.15) is 58.3 Å². The summed E-state index contributed by atoms with van der Waals surface area (Å²) in [5, 5.41) is 0. The number of rotatable bonds is 10. The molecule has 2 aromatic carbocycles. The second-order valence-electron chi connectivity index (χ2n) is 8.06. The Kier molecular flexibility index (Phi) is 9.21. The molecule has 5 heteroatoms. The van der Waals surface area contributed by atoms with E-state index in [2.05, 4.69) is 59.7 Å². The molecule has 0 fully saturated rings. The molecule has 0 spiro atoms. The van der Waals surface area contributed by atoms with Gasteiger partial charge >= 0.3 is 5.89 Å². The van der Waals surface area contributed by atoms with Gasteiger partial charge in [-0.15, -0.1) is 24.0 Å². The summed E-state index contributed by atoms with van der Waals surface area (Å²) in [6.07, 6.45) is 13.3. The first-order valence-corrected chi connectivity index (χ1v) is 11.7. The minimum absolute atomic E-state index is 0. The van der Waals surface area contributed by atoms with E-state index >= 15 is 0 Å². The number of benzene rings is 2. The van der Waals surface area contributed by atoms with Crippen molar-refractivity contribution >= 4 is 46.8 Å². The lowest BCUT2D eigenvalue weighted by Crippen LogP contribution is -2.35. The third-order valence-corrected chi connectivity index (χ3v) is 5.72. The molecule has 170 valence electrons. The molecule has 32 heavy (non-hydrogen) atoms. The van der Waals surface area contributed by atoms with Crippen molar-refractivity contribution in [3.63, 3.8) is 0 Å². The van der Waals surface area contributed by atoms with E-state index in [9.17, 15) is 0 Å². The highest BCUT2D eigenvalue weighted by atomic mass is 127. The van der Waals surface area contributed by atoms with E-state index in [0.29, 0.717) is 0 Å². The largest absolute Gasteiger partial charge is 0.439 e. The zero-order valence-corrected chi connectivity index (χ0v) is 21.5. The van der Waals surface area contributed by atoms with Crippen LogP contribution in [-0.2, 0) is 6.54 Å². The van der Waals surface area contributed by atoms with Crippen LogP contribution >= 0.6 is 24.0 Å². The zero-order valence-electron chi connectivity index (χ0n) is 19.1. The molecule has 0 N–H and O–H groups in total. The lowest BCUT2D eigenvalue weighted by Gasteiger charge is -2.17. The topological polar surface area (TPSA) is 29.5 Å². The quantitative estimate of drug-likeness (QED) is 0.150. The molecule has 0 amide bonds. The summed E-state index contributed by atoms with van der Waals surface area (Å²) in [6, 6.07) is 16.5. The summed E-state index contributed by atoms with van der Waals surface area (Å²) < 4.78 is 14.6. The number of hydrogen-bond acceptors (Lipinski definition) is 3. The fourth-order valence-corrected chi connectivity index (χ4v) is 4.07. The molecular weight excluding hydrogens is 511 g/mol. The first-order chi connectivity index (χ1) is 15.3.